The van der Waals surface area contributed by atoms with Crippen LogP contribution in [0.1, 0.15) is 55.9 Å². The molecule has 2 heterocycles. The van der Waals surface area contributed by atoms with Gasteiger partial charge in [-0.3, -0.25) is 9.59 Å². The highest BCUT2D eigenvalue weighted by Crippen LogP contribution is 2.36. The van der Waals surface area contributed by atoms with E-state index in [9.17, 15) is 14.9 Å². The summed E-state index contributed by atoms with van der Waals surface area (Å²) in [7, 11) is 0. The molecule has 0 unspecified atom stereocenters. The minimum absolute atomic E-state index is 0.110. The Bertz CT molecular complexity index is 998. The van der Waals surface area contributed by atoms with Crippen LogP contribution >= 0.6 is 23.1 Å². The highest BCUT2D eigenvalue weighted by molar-refractivity contribution is 7.99. The van der Waals surface area contributed by atoms with E-state index in [2.05, 4.69) is 28.3 Å². The largest absolute Gasteiger partial charge is 0.337 e. The van der Waals surface area contributed by atoms with Gasteiger partial charge in [-0.2, -0.15) is 5.26 Å². The molecule has 2 aromatic rings. The molecule has 1 fully saturated rings. The predicted octanol–water partition coefficient (Wildman–Crippen LogP) is 3.54. The lowest BCUT2D eigenvalue weighted by atomic mass is 9.83. The number of nitriles is 1. The maximum atomic E-state index is 12.6. The van der Waals surface area contributed by atoms with E-state index >= 15 is 0 Å². The number of hydrogen-bond donors (Lipinski definition) is 2. The highest BCUT2D eigenvalue weighted by Gasteiger charge is 2.33. The summed E-state index contributed by atoms with van der Waals surface area (Å²) in [5.74, 6) is 0.597. The van der Waals surface area contributed by atoms with Crippen LogP contribution in [0.2, 0.25) is 0 Å². The first-order chi connectivity index (χ1) is 13.5. The van der Waals surface area contributed by atoms with Gasteiger partial charge in [0, 0.05) is 4.88 Å². The number of thioether (sulfide) groups is 1. The van der Waals surface area contributed by atoms with Gasteiger partial charge in [-0.05, 0) is 43.6 Å². The Morgan fingerprint density at radius 3 is 2.96 bits per heavy atom. The Morgan fingerprint density at radius 1 is 1.43 bits per heavy atom. The Labute approximate surface area is 172 Å². The zero-order valence-corrected chi connectivity index (χ0v) is 17.6. The average Bonchev–Trinajstić information content (AvgIpc) is 3.05. The molecule has 2 aliphatic rings. The van der Waals surface area contributed by atoms with Gasteiger partial charge in [0.2, 0.25) is 5.91 Å². The number of aryl methyl sites for hydroxylation is 1. The van der Waals surface area contributed by atoms with E-state index in [0.717, 1.165) is 54.3 Å². The molecule has 0 bridgehead atoms. The van der Waals surface area contributed by atoms with Crippen LogP contribution in [0.3, 0.4) is 0 Å². The van der Waals surface area contributed by atoms with E-state index in [4.69, 9.17) is 0 Å². The number of nitrogens with one attached hydrogen (secondary N) is 2. The van der Waals surface area contributed by atoms with Crippen molar-refractivity contribution in [2.75, 3.05) is 5.75 Å². The second kappa shape index (κ2) is 7.88. The first-order valence-electron chi connectivity index (χ1n) is 9.89. The smallest absolute Gasteiger partial charge is 0.260 e. The second-order valence-electron chi connectivity index (χ2n) is 7.99. The Kier molecular flexibility index (Phi) is 5.48. The summed E-state index contributed by atoms with van der Waals surface area (Å²) in [5, 5.41) is 13.6. The maximum absolute atomic E-state index is 12.6. The van der Waals surface area contributed by atoms with Crippen molar-refractivity contribution < 1.29 is 4.79 Å². The van der Waals surface area contributed by atoms with Crippen LogP contribution in [-0.2, 0) is 17.6 Å². The number of aromatic amines is 1. The summed E-state index contributed by atoms with van der Waals surface area (Å²) in [5.41, 5.74) is 0.319. The molecule has 1 amide bonds. The van der Waals surface area contributed by atoms with Crippen LogP contribution in [-0.4, -0.2) is 27.2 Å². The van der Waals surface area contributed by atoms with Gasteiger partial charge < -0.3 is 10.3 Å². The van der Waals surface area contributed by atoms with Crippen molar-refractivity contribution in [3.05, 3.63) is 20.8 Å². The summed E-state index contributed by atoms with van der Waals surface area (Å²) in [6, 6.07) is 2.30. The first-order valence-corrected chi connectivity index (χ1v) is 11.7. The van der Waals surface area contributed by atoms with Crippen LogP contribution in [0.15, 0.2) is 9.95 Å². The molecular weight excluding hydrogens is 392 g/mol. The first kappa shape index (κ1) is 19.5. The van der Waals surface area contributed by atoms with Crippen LogP contribution in [0, 0.1) is 17.2 Å². The zero-order chi connectivity index (χ0) is 19.7. The number of carbonyl (C=O) groups is 1. The summed E-state index contributed by atoms with van der Waals surface area (Å²) in [4.78, 5) is 34.5. The Hall–Kier alpha value is -1.85. The van der Waals surface area contributed by atoms with Gasteiger partial charge in [-0.25, -0.2) is 4.98 Å². The molecule has 0 radical (unpaired) electrons. The molecule has 0 saturated heterocycles. The van der Waals surface area contributed by atoms with Crippen molar-refractivity contribution in [2.24, 2.45) is 5.92 Å². The van der Waals surface area contributed by atoms with E-state index in [1.807, 2.05) is 0 Å². The van der Waals surface area contributed by atoms with Crippen molar-refractivity contribution >= 4 is 39.2 Å². The van der Waals surface area contributed by atoms with E-state index in [0.29, 0.717) is 23.9 Å². The molecule has 148 valence electrons. The van der Waals surface area contributed by atoms with Crippen LogP contribution < -0.4 is 10.9 Å². The third-order valence-corrected chi connectivity index (χ3v) is 7.81. The summed E-state index contributed by atoms with van der Waals surface area (Å²) in [6.45, 7) is 2.24. The van der Waals surface area contributed by atoms with Crippen molar-refractivity contribution in [3.8, 4) is 6.07 Å². The number of nitrogens with zero attached hydrogens (tertiary/aromatic N) is 2. The van der Waals surface area contributed by atoms with E-state index < -0.39 is 5.54 Å². The highest BCUT2D eigenvalue weighted by atomic mass is 32.2. The molecule has 0 spiro atoms. The number of fused-ring (bicyclic) bond motifs is 3. The average molecular weight is 417 g/mol. The predicted molar refractivity (Wildman–Crippen MR) is 112 cm³/mol. The van der Waals surface area contributed by atoms with Crippen molar-refractivity contribution in [1.29, 1.82) is 5.26 Å². The molecule has 1 atom stereocenters. The van der Waals surface area contributed by atoms with Crippen LogP contribution in [0.4, 0.5) is 0 Å². The van der Waals surface area contributed by atoms with Gasteiger partial charge in [0.1, 0.15) is 10.4 Å². The van der Waals surface area contributed by atoms with E-state index in [-0.39, 0.29) is 17.2 Å². The minimum Gasteiger partial charge on any atom is -0.337 e. The second-order valence-corrected chi connectivity index (χ2v) is 10.0. The topological polar surface area (TPSA) is 98.6 Å². The Balaban J connectivity index is 1.47. The zero-order valence-electron chi connectivity index (χ0n) is 16.0. The summed E-state index contributed by atoms with van der Waals surface area (Å²) in [6.07, 6.45) is 7.52. The molecular formula is C20H24N4O2S2. The van der Waals surface area contributed by atoms with Gasteiger partial charge in [-0.15, -0.1) is 11.3 Å². The van der Waals surface area contributed by atoms with Gasteiger partial charge in [0.15, 0.2) is 5.16 Å². The summed E-state index contributed by atoms with van der Waals surface area (Å²) < 4.78 is 0. The van der Waals surface area contributed by atoms with E-state index in [1.54, 1.807) is 11.3 Å². The normalized spacial score (nSPS) is 21.1. The SMILES string of the molecule is C[C@H]1CCc2c(sc3nc(SCC(=O)NC4(C#N)CCCCC4)[nH]c(=O)c23)C1. The van der Waals surface area contributed by atoms with Crippen molar-refractivity contribution in [2.45, 2.75) is 69.0 Å². The third kappa shape index (κ3) is 3.83. The molecule has 0 aliphatic heterocycles. The molecule has 2 aliphatic carbocycles. The lowest BCUT2D eigenvalue weighted by molar-refractivity contribution is -0.120. The van der Waals surface area contributed by atoms with Gasteiger partial charge >= 0.3 is 0 Å². The molecule has 6 nitrogen and oxygen atoms in total. The molecule has 28 heavy (non-hydrogen) atoms. The molecule has 2 N–H and O–H groups in total. The van der Waals surface area contributed by atoms with Gasteiger partial charge in [-0.1, -0.05) is 37.9 Å². The van der Waals surface area contributed by atoms with Gasteiger partial charge in [0.25, 0.3) is 5.56 Å². The fourth-order valence-corrected chi connectivity index (χ4v) is 6.36. The number of hydrogen-bond acceptors (Lipinski definition) is 6. The quantitative estimate of drug-likeness (QED) is 0.587. The van der Waals surface area contributed by atoms with Crippen molar-refractivity contribution in [3.63, 3.8) is 0 Å². The standard InChI is InChI=1S/C20H24N4O2S2/c1-12-5-6-13-14(9-12)28-18-16(13)17(26)22-19(23-18)27-10-15(25)24-20(11-21)7-3-2-4-8-20/h12H,2-10H2,1H3,(H,24,25)(H,22,23,26)/t12-/m0/s1. The molecule has 0 aromatic carbocycles. The summed E-state index contributed by atoms with van der Waals surface area (Å²) >= 11 is 2.83. The van der Waals surface area contributed by atoms with Crippen LogP contribution in [0.25, 0.3) is 10.2 Å². The third-order valence-electron chi connectivity index (χ3n) is 5.78. The molecule has 2 aromatic heterocycles. The fourth-order valence-electron chi connectivity index (χ4n) is 4.25. The lowest BCUT2D eigenvalue weighted by Gasteiger charge is -2.31. The number of thiophene rings is 1. The monoisotopic (exact) mass is 416 g/mol. The molecule has 8 heteroatoms. The molecule has 1 saturated carbocycles. The van der Waals surface area contributed by atoms with Crippen LogP contribution in [0.5, 0.6) is 0 Å². The maximum Gasteiger partial charge on any atom is 0.260 e. The van der Waals surface area contributed by atoms with Crippen molar-refractivity contribution in [1.82, 2.24) is 15.3 Å². The number of rotatable bonds is 4. The minimum atomic E-state index is -0.732. The number of amides is 1. The lowest BCUT2D eigenvalue weighted by Crippen LogP contribution is -2.49. The Morgan fingerprint density at radius 2 is 2.21 bits per heavy atom. The van der Waals surface area contributed by atoms with Gasteiger partial charge in [0.05, 0.1) is 17.2 Å². The van der Waals surface area contributed by atoms with E-state index in [1.165, 1.54) is 16.6 Å². The number of H-pyrrole nitrogens is 1. The molecule has 4 rings (SSSR count). The fraction of sp³-hybridized carbons (Fsp3) is 0.600. The number of aromatic nitrogens is 2. The number of carbonyl (C=O) groups excluding carboxylic acids is 1.